The maximum Gasteiger partial charge on any atom is -0.0383 e. The Bertz CT molecular complexity index is 254. The van der Waals surface area contributed by atoms with E-state index in [9.17, 15) is 0 Å². The Morgan fingerprint density at radius 3 is 1.16 bits per heavy atom. The van der Waals surface area contributed by atoms with Gasteiger partial charge in [0.15, 0.2) is 0 Å². The van der Waals surface area contributed by atoms with Crippen LogP contribution in [-0.2, 0) is 0 Å². The maximum atomic E-state index is 2.52. The van der Waals surface area contributed by atoms with E-state index in [1.54, 1.807) is 0 Å². The molecule has 8 unspecified atom stereocenters. The van der Waals surface area contributed by atoms with Crippen LogP contribution in [0.2, 0.25) is 0 Å². The van der Waals surface area contributed by atoms with E-state index >= 15 is 0 Å². The van der Waals surface area contributed by atoms with Crippen molar-refractivity contribution >= 4 is 0 Å². The van der Waals surface area contributed by atoms with Crippen molar-refractivity contribution < 1.29 is 0 Å². The molecule has 0 nitrogen and oxygen atoms in total. The van der Waals surface area contributed by atoms with Gasteiger partial charge < -0.3 is 0 Å². The number of rotatable bonds is 2. The Kier molecular flexibility index (Phi) is 5.01. The minimum absolute atomic E-state index is 0.953. The molecule has 0 bridgehead atoms. The Balaban J connectivity index is 1.93. The van der Waals surface area contributed by atoms with Crippen molar-refractivity contribution in [3.63, 3.8) is 0 Å². The summed E-state index contributed by atoms with van der Waals surface area (Å²) in [7, 11) is 0. The Morgan fingerprint density at radius 2 is 0.789 bits per heavy atom. The second-order valence-electron chi connectivity index (χ2n) is 8.56. The largest absolute Gasteiger partial charge is 0.0622 e. The number of hydrogen-bond acceptors (Lipinski definition) is 0. The fourth-order valence-electron chi connectivity index (χ4n) is 4.95. The van der Waals surface area contributed by atoms with Crippen LogP contribution in [0.1, 0.15) is 73.6 Å². The van der Waals surface area contributed by atoms with Crippen LogP contribution in [0.5, 0.6) is 0 Å². The highest BCUT2D eigenvalue weighted by Gasteiger charge is 2.36. The van der Waals surface area contributed by atoms with Crippen LogP contribution in [0.3, 0.4) is 0 Å². The summed E-state index contributed by atoms with van der Waals surface area (Å²) in [5.41, 5.74) is 0. The zero-order chi connectivity index (χ0) is 14.2. The van der Waals surface area contributed by atoms with E-state index in [1.807, 2.05) is 0 Å². The van der Waals surface area contributed by atoms with Gasteiger partial charge >= 0.3 is 0 Å². The summed E-state index contributed by atoms with van der Waals surface area (Å²) < 4.78 is 0. The Morgan fingerprint density at radius 1 is 0.474 bits per heavy atom. The van der Waals surface area contributed by atoms with Crippen LogP contribution in [0, 0.1) is 47.3 Å². The molecule has 8 atom stereocenters. The SMILES string of the molecule is CC1CC(C)C(CC2CC(C)C(C)CC2C)CC1C. The van der Waals surface area contributed by atoms with Crippen molar-refractivity contribution in [3.8, 4) is 0 Å². The summed E-state index contributed by atoms with van der Waals surface area (Å²) in [5, 5.41) is 0. The molecule has 0 saturated heterocycles. The smallest absolute Gasteiger partial charge is 0.0383 e. The zero-order valence-corrected chi connectivity index (χ0v) is 14.2. The van der Waals surface area contributed by atoms with E-state index in [0.29, 0.717) is 0 Å². The summed E-state index contributed by atoms with van der Waals surface area (Å²) in [5.74, 6) is 7.77. The molecule has 0 aromatic carbocycles. The van der Waals surface area contributed by atoms with Gasteiger partial charge in [0.05, 0.1) is 0 Å². The van der Waals surface area contributed by atoms with Crippen molar-refractivity contribution in [2.75, 3.05) is 0 Å². The molecule has 0 aromatic rings. The van der Waals surface area contributed by atoms with Crippen molar-refractivity contribution in [2.24, 2.45) is 47.3 Å². The van der Waals surface area contributed by atoms with E-state index in [4.69, 9.17) is 0 Å². The van der Waals surface area contributed by atoms with Gasteiger partial charge in [-0.1, -0.05) is 41.5 Å². The molecule has 0 N–H and O–H groups in total. The first-order valence-electron chi connectivity index (χ1n) is 8.88. The molecule has 2 fully saturated rings. The highest BCUT2D eigenvalue weighted by Crippen LogP contribution is 2.45. The molecule has 0 heteroatoms. The topological polar surface area (TPSA) is 0 Å². The van der Waals surface area contributed by atoms with Crippen LogP contribution >= 0.6 is 0 Å². The first-order chi connectivity index (χ1) is 8.88. The standard InChI is InChI=1S/C19H36/c1-12-7-16(5)18(9-14(12)3)11-19-10-15(4)13(2)8-17(19)6/h12-19H,7-11H2,1-6H3. The molecular formula is C19H36. The van der Waals surface area contributed by atoms with Gasteiger partial charge in [-0.25, -0.2) is 0 Å². The molecule has 0 spiro atoms. The molecule has 0 amide bonds. The normalized spacial score (nSPS) is 52.1. The van der Waals surface area contributed by atoms with E-state index in [2.05, 4.69) is 41.5 Å². The molecule has 2 rings (SSSR count). The molecule has 2 aliphatic carbocycles. The summed E-state index contributed by atoms with van der Waals surface area (Å²) in [4.78, 5) is 0. The molecular weight excluding hydrogens is 228 g/mol. The quantitative estimate of drug-likeness (QED) is 0.572. The lowest BCUT2D eigenvalue weighted by Gasteiger charge is -2.43. The van der Waals surface area contributed by atoms with Crippen LogP contribution in [0.15, 0.2) is 0 Å². The average Bonchev–Trinajstić information content (AvgIpc) is 2.32. The fraction of sp³-hybridized carbons (Fsp3) is 1.00. The first kappa shape index (κ1) is 15.4. The first-order valence-corrected chi connectivity index (χ1v) is 8.88. The minimum atomic E-state index is 0.953. The van der Waals surface area contributed by atoms with Crippen LogP contribution in [0.25, 0.3) is 0 Å². The molecule has 0 aromatic heterocycles. The van der Waals surface area contributed by atoms with Crippen LogP contribution in [-0.4, -0.2) is 0 Å². The predicted molar refractivity (Wildman–Crippen MR) is 85.0 cm³/mol. The molecule has 0 radical (unpaired) electrons. The average molecular weight is 264 g/mol. The van der Waals surface area contributed by atoms with Crippen molar-refractivity contribution in [3.05, 3.63) is 0 Å². The molecule has 0 heterocycles. The van der Waals surface area contributed by atoms with Gasteiger partial charge in [-0.05, 0) is 79.4 Å². The van der Waals surface area contributed by atoms with E-state index < -0.39 is 0 Å². The monoisotopic (exact) mass is 264 g/mol. The van der Waals surface area contributed by atoms with Crippen molar-refractivity contribution in [1.82, 2.24) is 0 Å². The lowest BCUT2D eigenvalue weighted by atomic mass is 9.63. The predicted octanol–water partition coefficient (Wildman–Crippen LogP) is 6.01. The second kappa shape index (κ2) is 6.19. The third-order valence-electron chi connectivity index (χ3n) is 6.99. The van der Waals surface area contributed by atoms with Gasteiger partial charge in [0.1, 0.15) is 0 Å². The maximum absolute atomic E-state index is 2.52. The van der Waals surface area contributed by atoms with Crippen LogP contribution in [0.4, 0.5) is 0 Å². The van der Waals surface area contributed by atoms with Gasteiger partial charge in [-0.3, -0.25) is 0 Å². The van der Waals surface area contributed by atoms with Crippen LogP contribution < -0.4 is 0 Å². The highest BCUT2D eigenvalue weighted by atomic mass is 14.4. The fourth-order valence-corrected chi connectivity index (χ4v) is 4.95. The zero-order valence-electron chi connectivity index (χ0n) is 14.2. The van der Waals surface area contributed by atoms with Gasteiger partial charge in [0.2, 0.25) is 0 Å². The van der Waals surface area contributed by atoms with Crippen molar-refractivity contribution in [1.29, 1.82) is 0 Å². The van der Waals surface area contributed by atoms with E-state index in [-0.39, 0.29) is 0 Å². The van der Waals surface area contributed by atoms with Gasteiger partial charge in [0.25, 0.3) is 0 Å². The Labute approximate surface area is 121 Å². The van der Waals surface area contributed by atoms with E-state index in [1.165, 1.54) is 32.1 Å². The third-order valence-corrected chi connectivity index (χ3v) is 6.99. The lowest BCUT2D eigenvalue weighted by Crippen LogP contribution is -2.33. The molecule has 19 heavy (non-hydrogen) atoms. The summed E-state index contributed by atoms with van der Waals surface area (Å²) >= 11 is 0. The van der Waals surface area contributed by atoms with Gasteiger partial charge in [-0.2, -0.15) is 0 Å². The van der Waals surface area contributed by atoms with E-state index in [0.717, 1.165) is 47.3 Å². The summed E-state index contributed by atoms with van der Waals surface area (Å²) in [6, 6.07) is 0. The van der Waals surface area contributed by atoms with Crippen molar-refractivity contribution in [2.45, 2.75) is 73.6 Å². The Hall–Kier alpha value is 0. The minimum Gasteiger partial charge on any atom is -0.0622 e. The molecule has 2 saturated carbocycles. The molecule has 0 aliphatic heterocycles. The molecule has 112 valence electrons. The summed E-state index contributed by atoms with van der Waals surface area (Å²) in [6.07, 6.45) is 7.46. The highest BCUT2D eigenvalue weighted by molar-refractivity contribution is 4.86. The summed E-state index contributed by atoms with van der Waals surface area (Å²) in [6.45, 7) is 14.9. The number of hydrogen-bond donors (Lipinski definition) is 0. The lowest BCUT2D eigenvalue weighted by molar-refractivity contribution is 0.0732. The van der Waals surface area contributed by atoms with Gasteiger partial charge in [0, 0.05) is 0 Å². The third kappa shape index (κ3) is 3.56. The molecule has 2 aliphatic rings. The second-order valence-corrected chi connectivity index (χ2v) is 8.56. The van der Waals surface area contributed by atoms with Gasteiger partial charge in [-0.15, -0.1) is 0 Å².